The number of fused-ring (bicyclic) bond motifs is 2. The molecule has 0 unspecified atom stereocenters. The summed E-state index contributed by atoms with van der Waals surface area (Å²) in [5, 5.41) is 4.41. The van der Waals surface area contributed by atoms with Gasteiger partial charge >= 0.3 is 0 Å². The highest BCUT2D eigenvalue weighted by Gasteiger charge is 2.26. The van der Waals surface area contributed by atoms with Crippen LogP contribution in [0.25, 0.3) is 10.9 Å². The van der Waals surface area contributed by atoms with Crippen molar-refractivity contribution in [3.8, 4) is 34.8 Å². The van der Waals surface area contributed by atoms with Crippen molar-refractivity contribution in [2.45, 2.75) is 13.3 Å². The van der Waals surface area contributed by atoms with Crippen LogP contribution in [-0.2, 0) is 9.53 Å². The number of hydrogen-bond donors (Lipinski definition) is 1. The number of anilines is 2. The standard InChI is InChI=1S/C29H32ClN5O6/c1-19(36)35-10-8-34(9-11-35)7-5-13-39-25-16-23-21(15-24(25)38-3)29(32-17-31-23)33-26-22(30)14-20(6-4-12-37-2)27-28(26)41-18-40-27/h14-17H,5,7-13,18H2,1-3H3,(H,31,32,33). The molecular weight excluding hydrogens is 550 g/mol. The summed E-state index contributed by atoms with van der Waals surface area (Å²) in [7, 11) is 3.18. The van der Waals surface area contributed by atoms with Crippen LogP contribution in [0.2, 0.25) is 5.02 Å². The molecule has 5 rings (SSSR count). The SMILES string of the molecule is COCC#Cc1cc(Cl)c(Nc2ncnc3cc(OCCCN4CCN(C(C)=O)CC4)c(OC)cc23)c2c1OCO2. The molecule has 3 aromatic rings. The average Bonchev–Trinajstić information content (AvgIpc) is 3.47. The molecule has 1 saturated heterocycles. The van der Waals surface area contributed by atoms with Crippen LogP contribution in [-0.4, -0.2) is 92.6 Å². The van der Waals surface area contributed by atoms with Gasteiger partial charge in [-0.2, -0.15) is 0 Å². The number of benzene rings is 2. The number of hydrogen-bond acceptors (Lipinski definition) is 10. The van der Waals surface area contributed by atoms with Gasteiger partial charge in [0.05, 0.1) is 29.8 Å². The predicted octanol–water partition coefficient (Wildman–Crippen LogP) is 3.70. The van der Waals surface area contributed by atoms with Gasteiger partial charge in [-0.1, -0.05) is 23.4 Å². The number of aromatic nitrogens is 2. The molecule has 0 radical (unpaired) electrons. The van der Waals surface area contributed by atoms with Crippen molar-refractivity contribution in [1.82, 2.24) is 19.8 Å². The van der Waals surface area contributed by atoms with Gasteiger partial charge in [0.15, 0.2) is 23.0 Å². The fraction of sp³-hybridized carbons (Fsp3) is 0.414. The Balaban J connectivity index is 1.30. The third-order valence-corrected chi connectivity index (χ3v) is 7.19. The maximum atomic E-state index is 11.5. The van der Waals surface area contributed by atoms with Gasteiger partial charge in [-0.15, -0.1) is 0 Å². The Morgan fingerprint density at radius 2 is 1.90 bits per heavy atom. The zero-order valence-corrected chi connectivity index (χ0v) is 24.0. The topological polar surface area (TPSA) is 108 Å². The van der Waals surface area contributed by atoms with E-state index in [-0.39, 0.29) is 19.3 Å². The molecule has 0 bridgehead atoms. The average molecular weight is 582 g/mol. The van der Waals surface area contributed by atoms with Crippen LogP contribution in [0.1, 0.15) is 18.9 Å². The number of amides is 1. The maximum absolute atomic E-state index is 11.5. The van der Waals surface area contributed by atoms with E-state index in [2.05, 4.69) is 32.0 Å². The fourth-order valence-corrected chi connectivity index (χ4v) is 5.00. The molecule has 0 saturated carbocycles. The first-order valence-electron chi connectivity index (χ1n) is 13.3. The third-order valence-electron chi connectivity index (χ3n) is 6.89. The molecule has 2 aromatic carbocycles. The van der Waals surface area contributed by atoms with Crippen molar-refractivity contribution >= 4 is 39.9 Å². The number of carbonyl (C=O) groups excluding carboxylic acids is 1. The lowest BCUT2D eigenvalue weighted by Crippen LogP contribution is -2.48. The number of ether oxygens (including phenoxy) is 5. The lowest BCUT2D eigenvalue weighted by molar-refractivity contribution is -0.130. The zero-order chi connectivity index (χ0) is 28.8. The first-order chi connectivity index (χ1) is 20.0. The van der Waals surface area contributed by atoms with E-state index in [0.29, 0.717) is 62.6 Å². The largest absolute Gasteiger partial charge is 0.493 e. The lowest BCUT2D eigenvalue weighted by Gasteiger charge is -2.34. The van der Waals surface area contributed by atoms with Crippen molar-refractivity contribution in [2.24, 2.45) is 0 Å². The highest BCUT2D eigenvalue weighted by molar-refractivity contribution is 6.34. The minimum Gasteiger partial charge on any atom is -0.493 e. The molecule has 11 nitrogen and oxygen atoms in total. The second-order valence-electron chi connectivity index (χ2n) is 9.50. The molecule has 0 aliphatic carbocycles. The van der Waals surface area contributed by atoms with Crippen molar-refractivity contribution < 1.29 is 28.5 Å². The molecule has 2 aliphatic rings. The van der Waals surface area contributed by atoms with Crippen molar-refractivity contribution in [3.63, 3.8) is 0 Å². The van der Waals surface area contributed by atoms with Crippen molar-refractivity contribution in [2.75, 3.05) is 72.3 Å². The van der Waals surface area contributed by atoms with E-state index in [1.165, 1.54) is 6.33 Å². The van der Waals surface area contributed by atoms with E-state index in [1.807, 2.05) is 17.0 Å². The van der Waals surface area contributed by atoms with Crippen molar-refractivity contribution in [1.29, 1.82) is 0 Å². The fourth-order valence-electron chi connectivity index (χ4n) is 4.76. The molecule has 1 N–H and O–H groups in total. The summed E-state index contributed by atoms with van der Waals surface area (Å²) in [4.78, 5) is 24.7. The smallest absolute Gasteiger partial charge is 0.231 e. The summed E-state index contributed by atoms with van der Waals surface area (Å²) in [6.07, 6.45) is 2.31. The Bertz CT molecular complexity index is 1480. The molecule has 216 valence electrons. The summed E-state index contributed by atoms with van der Waals surface area (Å²) >= 11 is 6.65. The van der Waals surface area contributed by atoms with E-state index in [9.17, 15) is 4.79 Å². The molecular formula is C29H32ClN5O6. The minimum atomic E-state index is 0.0526. The number of halogens is 1. The number of piperazine rings is 1. The number of nitrogens with zero attached hydrogens (tertiary/aromatic N) is 4. The van der Waals surface area contributed by atoms with Gasteiger partial charge in [0, 0.05) is 58.2 Å². The van der Waals surface area contributed by atoms with Gasteiger partial charge < -0.3 is 33.9 Å². The Kier molecular flexibility index (Phi) is 9.14. The monoisotopic (exact) mass is 581 g/mol. The molecule has 41 heavy (non-hydrogen) atoms. The summed E-state index contributed by atoms with van der Waals surface area (Å²) in [5.74, 6) is 8.69. The van der Waals surface area contributed by atoms with Gasteiger partial charge in [-0.05, 0) is 18.6 Å². The normalized spacial score (nSPS) is 14.5. The van der Waals surface area contributed by atoms with E-state index in [0.717, 1.165) is 39.1 Å². The molecule has 0 atom stereocenters. The van der Waals surface area contributed by atoms with Gasteiger partial charge in [0.1, 0.15) is 24.4 Å². The highest BCUT2D eigenvalue weighted by Crippen LogP contribution is 2.47. The molecule has 0 spiro atoms. The summed E-state index contributed by atoms with van der Waals surface area (Å²) in [5.41, 5.74) is 1.80. The molecule has 1 aromatic heterocycles. The molecule has 12 heteroatoms. The van der Waals surface area contributed by atoms with E-state index in [1.54, 1.807) is 27.2 Å². The van der Waals surface area contributed by atoms with Gasteiger partial charge in [0.2, 0.25) is 12.7 Å². The number of methoxy groups -OCH3 is 2. The number of rotatable bonds is 9. The third kappa shape index (κ3) is 6.51. The van der Waals surface area contributed by atoms with Crippen LogP contribution in [0.3, 0.4) is 0 Å². The van der Waals surface area contributed by atoms with Crippen LogP contribution in [0, 0.1) is 11.8 Å². The summed E-state index contributed by atoms with van der Waals surface area (Å²) < 4.78 is 28.2. The Morgan fingerprint density at radius 3 is 2.66 bits per heavy atom. The van der Waals surface area contributed by atoms with Crippen LogP contribution in [0.4, 0.5) is 11.5 Å². The minimum absolute atomic E-state index is 0.0526. The molecule has 1 amide bonds. The zero-order valence-electron chi connectivity index (χ0n) is 23.3. The molecule has 2 aliphatic heterocycles. The second kappa shape index (κ2) is 13.1. The number of carbonyl (C=O) groups is 1. The Morgan fingerprint density at radius 1 is 1.10 bits per heavy atom. The quantitative estimate of drug-likeness (QED) is 0.297. The van der Waals surface area contributed by atoms with E-state index < -0.39 is 0 Å². The summed E-state index contributed by atoms with van der Waals surface area (Å²) in [6, 6.07) is 5.40. The van der Waals surface area contributed by atoms with Crippen LogP contribution in [0.5, 0.6) is 23.0 Å². The van der Waals surface area contributed by atoms with E-state index in [4.69, 9.17) is 35.3 Å². The lowest BCUT2D eigenvalue weighted by atomic mass is 10.1. The summed E-state index contributed by atoms with van der Waals surface area (Å²) in [6.45, 7) is 6.65. The van der Waals surface area contributed by atoms with E-state index >= 15 is 0 Å². The predicted molar refractivity (Wildman–Crippen MR) is 155 cm³/mol. The van der Waals surface area contributed by atoms with Gasteiger partial charge in [-0.3, -0.25) is 9.69 Å². The van der Waals surface area contributed by atoms with Crippen LogP contribution < -0.4 is 24.3 Å². The Hall–Kier alpha value is -3.98. The van der Waals surface area contributed by atoms with Crippen molar-refractivity contribution in [3.05, 3.63) is 35.1 Å². The van der Waals surface area contributed by atoms with Gasteiger partial charge in [0.25, 0.3) is 0 Å². The molecule has 3 heterocycles. The first-order valence-corrected chi connectivity index (χ1v) is 13.7. The first kappa shape index (κ1) is 28.5. The van der Waals surface area contributed by atoms with Crippen LogP contribution in [0.15, 0.2) is 24.5 Å². The molecule has 1 fully saturated rings. The van der Waals surface area contributed by atoms with Gasteiger partial charge in [-0.25, -0.2) is 9.97 Å². The maximum Gasteiger partial charge on any atom is 0.231 e. The number of nitrogens with one attached hydrogen (secondary N) is 1. The Labute approximate surface area is 243 Å². The van der Waals surface area contributed by atoms with Crippen LogP contribution >= 0.6 is 11.6 Å². The highest BCUT2D eigenvalue weighted by atomic mass is 35.5. The second-order valence-corrected chi connectivity index (χ2v) is 9.90.